The molecule has 7 nitrogen and oxygen atoms in total. The lowest BCUT2D eigenvalue weighted by Gasteiger charge is -2.20. The third-order valence-electron chi connectivity index (χ3n) is 6.07. The van der Waals surface area contributed by atoms with E-state index in [0.717, 1.165) is 11.1 Å². The minimum absolute atomic E-state index is 0.162. The van der Waals surface area contributed by atoms with E-state index < -0.39 is 28.4 Å². The molecule has 1 aromatic heterocycles. The Hall–Kier alpha value is -3.82. The summed E-state index contributed by atoms with van der Waals surface area (Å²) in [6.45, 7) is 0. The molecule has 1 aliphatic carbocycles. The van der Waals surface area contributed by atoms with E-state index in [-0.39, 0.29) is 16.3 Å². The Kier molecular flexibility index (Phi) is 6.19. The van der Waals surface area contributed by atoms with Crippen LogP contribution in [0.15, 0.2) is 65.6 Å². The number of rotatable bonds is 5. The van der Waals surface area contributed by atoms with Crippen LogP contribution < -0.4 is 11.1 Å². The van der Waals surface area contributed by atoms with Gasteiger partial charge >= 0.3 is 0 Å². The van der Waals surface area contributed by atoms with Crippen LogP contribution in [0.3, 0.4) is 0 Å². The number of benzene rings is 3. The van der Waals surface area contributed by atoms with Crippen molar-refractivity contribution >= 4 is 39.9 Å². The zero-order valence-electron chi connectivity index (χ0n) is 19.0. The van der Waals surface area contributed by atoms with Crippen molar-refractivity contribution in [1.82, 2.24) is 9.78 Å². The van der Waals surface area contributed by atoms with E-state index in [9.17, 15) is 18.2 Å². The van der Waals surface area contributed by atoms with Gasteiger partial charge in [-0.3, -0.25) is 13.8 Å². The first-order chi connectivity index (χ1) is 17.2. The van der Waals surface area contributed by atoms with Crippen molar-refractivity contribution in [3.63, 3.8) is 0 Å². The number of aromatic nitrogens is 2. The third-order valence-corrected chi connectivity index (χ3v) is 7.30. The summed E-state index contributed by atoms with van der Waals surface area (Å²) in [5.41, 5.74) is 10.3. The number of carbonyl (C=O) groups is 2. The summed E-state index contributed by atoms with van der Waals surface area (Å²) in [6, 6.07) is 15.9. The molecule has 0 saturated carbocycles. The van der Waals surface area contributed by atoms with E-state index in [1.165, 1.54) is 30.5 Å². The Labute approximate surface area is 213 Å². The van der Waals surface area contributed by atoms with E-state index in [2.05, 4.69) is 10.4 Å². The van der Waals surface area contributed by atoms with Crippen molar-refractivity contribution in [2.24, 2.45) is 5.73 Å². The van der Waals surface area contributed by atoms with Crippen molar-refractivity contribution < 1.29 is 18.2 Å². The standard InChI is InChI=1S/C26H20ClFN4O3S/c1-36(35)18-9-11-19(22(27)13-18)26(34)30-16-6-2-14-3-10-20-23(25(29)33)31-32(24(20)21(14)12-16)17-7-4-15(28)5-8-17/h2,4-9,11-13H,3,10H2,1H3,(H2,29,33)(H,30,34). The van der Waals surface area contributed by atoms with Crippen LogP contribution in [-0.4, -0.2) is 32.1 Å². The van der Waals surface area contributed by atoms with Gasteiger partial charge in [0.2, 0.25) is 0 Å². The predicted octanol–water partition coefficient (Wildman–Crippen LogP) is 4.52. The lowest BCUT2D eigenvalue weighted by molar-refractivity contribution is 0.0992. The minimum Gasteiger partial charge on any atom is -0.364 e. The molecular formula is C26H20ClFN4O3S. The second-order valence-corrected chi connectivity index (χ2v) is 10.1. The van der Waals surface area contributed by atoms with Gasteiger partial charge in [-0.1, -0.05) is 17.7 Å². The molecule has 1 heterocycles. The number of nitrogens with one attached hydrogen (secondary N) is 1. The fourth-order valence-corrected chi connectivity index (χ4v) is 5.22. The molecule has 1 unspecified atom stereocenters. The highest BCUT2D eigenvalue weighted by Crippen LogP contribution is 2.38. The van der Waals surface area contributed by atoms with E-state index in [4.69, 9.17) is 17.3 Å². The zero-order chi connectivity index (χ0) is 25.6. The number of carbonyl (C=O) groups excluding carboxylic acids is 2. The van der Waals surface area contributed by atoms with Crippen LogP contribution in [0.25, 0.3) is 16.9 Å². The molecule has 2 amide bonds. The van der Waals surface area contributed by atoms with Gasteiger partial charge in [-0.25, -0.2) is 9.07 Å². The van der Waals surface area contributed by atoms with Crippen molar-refractivity contribution in [1.29, 1.82) is 0 Å². The average molecular weight is 523 g/mol. The first kappa shape index (κ1) is 23.9. The van der Waals surface area contributed by atoms with Gasteiger partial charge < -0.3 is 11.1 Å². The van der Waals surface area contributed by atoms with Crippen LogP contribution >= 0.6 is 11.6 Å². The van der Waals surface area contributed by atoms with Crippen molar-refractivity contribution in [2.75, 3.05) is 11.6 Å². The van der Waals surface area contributed by atoms with Gasteiger partial charge in [-0.05, 0) is 73.0 Å². The van der Waals surface area contributed by atoms with Crippen LogP contribution in [0, 0.1) is 5.82 Å². The summed E-state index contributed by atoms with van der Waals surface area (Å²) >= 11 is 6.27. The molecule has 182 valence electrons. The summed E-state index contributed by atoms with van der Waals surface area (Å²) in [5.74, 6) is -1.46. The fourth-order valence-electron chi connectivity index (χ4n) is 4.34. The molecule has 1 atom stereocenters. The van der Waals surface area contributed by atoms with E-state index in [1.54, 1.807) is 35.0 Å². The van der Waals surface area contributed by atoms with Crippen LogP contribution in [0.2, 0.25) is 5.02 Å². The number of anilines is 1. The highest BCUT2D eigenvalue weighted by molar-refractivity contribution is 7.84. The number of nitrogens with zero attached hydrogens (tertiary/aromatic N) is 2. The molecule has 0 radical (unpaired) electrons. The Morgan fingerprint density at radius 3 is 2.50 bits per heavy atom. The quantitative estimate of drug-likeness (QED) is 0.402. The number of amides is 2. The molecule has 0 aliphatic heterocycles. The van der Waals surface area contributed by atoms with Crippen molar-refractivity contribution in [3.8, 4) is 16.9 Å². The molecule has 1 aliphatic rings. The van der Waals surface area contributed by atoms with Gasteiger partial charge in [0, 0.05) is 38.8 Å². The van der Waals surface area contributed by atoms with Gasteiger partial charge in [-0.2, -0.15) is 5.10 Å². The highest BCUT2D eigenvalue weighted by Gasteiger charge is 2.28. The lowest BCUT2D eigenvalue weighted by atomic mass is 9.88. The summed E-state index contributed by atoms with van der Waals surface area (Å²) < 4.78 is 26.8. The Bertz CT molecular complexity index is 1570. The maximum Gasteiger partial charge on any atom is 0.269 e. The second kappa shape index (κ2) is 9.33. The molecule has 0 fully saturated rings. The molecule has 0 spiro atoms. The number of hydrogen-bond donors (Lipinski definition) is 2. The van der Waals surface area contributed by atoms with Crippen LogP contribution in [0.1, 0.15) is 32.0 Å². The summed E-state index contributed by atoms with van der Waals surface area (Å²) in [6.07, 6.45) is 2.76. The van der Waals surface area contributed by atoms with Gasteiger partial charge in [0.25, 0.3) is 11.8 Å². The molecule has 3 aromatic carbocycles. The summed E-state index contributed by atoms with van der Waals surface area (Å²) in [4.78, 5) is 25.6. The summed E-state index contributed by atoms with van der Waals surface area (Å²) in [7, 11) is -1.22. The number of nitrogens with two attached hydrogens (primary N) is 1. The van der Waals surface area contributed by atoms with Gasteiger partial charge in [0.05, 0.1) is 22.0 Å². The SMILES string of the molecule is CS(=O)c1ccc(C(=O)Nc2ccc3c(c2)-c2c(c(C(N)=O)nn2-c2ccc(F)cc2)CC3)c(Cl)c1. The largest absolute Gasteiger partial charge is 0.364 e. The van der Waals surface area contributed by atoms with Crippen LogP contribution in [0.4, 0.5) is 10.1 Å². The Morgan fingerprint density at radius 2 is 1.83 bits per heavy atom. The number of primary amides is 1. The second-order valence-electron chi connectivity index (χ2n) is 8.35. The average Bonchev–Trinajstić information content (AvgIpc) is 3.25. The molecule has 0 saturated heterocycles. The smallest absolute Gasteiger partial charge is 0.269 e. The zero-order valence-corrected chi connectivity index (χ0v) is 20.6. The molecule has 5 rings (SSSR count). The number of hydrogen-bond acceptors (Lipinski definition) is 4. The maximum absolute atomic E-state index is 13.5. The maximum atomic E-state index is 13.5. The van der Waals surface area contributed by atoms with E-state index in [1.807, 2.05) is 6.07 Å². The highest BCUT2D eigenvalue weighted by atomic mass is 35.5. The van der Waals surface area contributed by atoms with Crippen LogP contribution in [0.5, 0.6) is 0 Å². The van der Waals surface area contributed by atoms with E-state index in [0.29, 0.717) is 40.4 Å². The van der Waals surface area contributed by atoms with Crippen molar-refractivity contribution in [2.45, 2.75) is 17.7 Å². The molecule has 4 aromatic rings. The number of fused-ring (bicyclic) bond motifs is 3. The van der Waals surface area contributed by atoms with Gasteiger partial charge in [0.1, 0.15) is 5.82 Å². The Balaban J connectivity index is 1.56. The van der Waals surface area contributed by atoms with Gasteiger partial charge in [0.15, 0.2) is 5.69 Å². The lowest BCUT2D eigenvalue weighted by Crippen LogP contribution is -2.16. The minimum atomic E-state index is -1.22. The monoisotopic (exact) mass is 522 g/mol. The molecular weight excluding hydrogens is 503 g/mol. The van der Waals surface area contributed by atoms with Crippen LogP contribution in [-0.2, 0) is 23.6 Å². The fraction of sp³-hybridized carbons (Fsp3) is 0.115. The van der Waals surface area contributed by atoms with E-state index >= 15 is 0 Å². The Morgan fingerprint density at radius 1 is 1.08 bits per heavy atom. The molecule has 36 heavy (non-hydrogen) atoms. The molecule has 0 bridgehead atoms. The number of halogens is 2. The topological polar surface area (TPSA) is 107 Å². The predicted molar refractivity (Wildman–Crippen MR) is 137 cm³/mol. The van der Waals surface area contributed by atoms with Gasteiger partial charge in [-0.15, -0.1) is 0 Å². The molecule has 3 N–H and O–H groups in total. The van der Waals surface area contributed by atoms with Crippen molar-refractivity contribution in [3.05, 3.63) is 93.9 Å². The molecule has 10 heteroatoms. The summed E-state index contributed by atoms with van der Waals surface area (Å²) in [5, 5.41) is 7.50. The normalized spacial score (nSPS) is 13.0. The third kappa shape index (κ3) is 4.31. The first-order valence-electron chi connectivity index (χ1n) is 11.0. The number of aryl methyl sites for hydroxylation is 1. The first-order valence-corrected chi connectivity index (χ1v) is 12.9.